The lowest BCUT2D eigenvalue weighted by Crippen LogP contribution is -2.33. The highest BCUT2D eigenvalue weighted by Gasteiger charge is 2.23. The number of hydrogen-bond acceptors (Lipinski definition) is 5. The molecule has 3 N–H and O–H groups in total. The van der Waals surface area contributed by atoms with Gasteiger partial charge in [0, 0.05) is 12.7 Å². The van der Waals surface area contributed by atoms with Crippen molar-refractivity contribution in [3.8, 4) is 0 Å². The molecule has 0 amide bonds. The first-order chi connectivity index (χ1) is 10.0. The molecule has 0 aliphatic carbocycles. The molecule has 0 spiro atoms. The van der Waals surface area contributed by atoms with E-state index in [1.807, 2.05) is 37.8 Å². The zero-order chi connectivity index (χ0) is 15.4. The summed E-state index contributed by atoms with van der Waals surface area (Å²) in [4.78, 5) is 6.59. The third kappa shape index (κ3) is 3.68. The monoisotopic (exact) mass is 352 g/mol. The molecule has 2 rings (SSSR count). The summed E-state index contributed by atoms with van der Waals surface area (Å²) in [6, 6.07) is 3.75. The summed E-state index contributed by atoms with van der Waals surface area (Å²) in [5.41, 5.74) is 5.85. The Morgan fingerprint density at radius 1 is 1.48 bits per heavy atom. The van der Waals surface area contributed by atoms with Crippen LogP contribution < -0.4 is 11.3 Å². The van der Waals surface area contributed by atoms with Crippen molar-refractivity contribution in [3.63, 3.8) is 0 Å². The van der Waals surface area contributed by atoms with Crippen LogP contribution in [0.3, 0.4) is 0 Å². The Kier molecular flexibility index (Phi) is 5.46. The van der Waals surface area contributed by atoms with Gasteiger partial charge in [0.15, 0.2) is 0 Å². The van der Waals surface area contributed by atoms with Crippen molar-refractivity contribution in [2.75, 3.05) is 20.6 Å². The summed E-state index contributed by atoms with van der Waals surface area (Å²) in [6.45, 7) is 3.72. The molecule has 0 aromatic carbocycles. The highest BCUT2D eigenvalue weighted by Crippen LogP contribution is 2.28. The Labute approximate surface area is 133 Å². The molecule has 0 fully saturated rings. The number of nitrogens with zero attached hydrogens (tertiary/aromatic N) is 4. The van der Waals surface area contributed by atoms with Crippen LogP contribution >= 0.6 is 15.9 Å². The van der Waals surface area contributed by atoms with E-state index in [1.165, 1.54) is 0 Å². The van der Waals surface area contributed by atoms with Crippen LogP contribution in [0.2, 0.25) is 0 Å². The fraction of sp³-hybridized carbons (Fsp3) is 0.429. The SMILES string of the molecule is Cc1cccnc1C(NN)c1c(Br)cnn1CCN(C)C. The van der Waals surface area contributed by atoms with Gasteiger partial charge in [-0.1, -0.05) is 6.07 Å². The summed E-state index contributed by atoms with van der Waals surface area (Å²) >= 11 is 3.57. The van der Waals surface area contributed by atoms with E-state index in [2.05, 4.69) is 36.3 Å². The fourth-order valence-electron chi connectivity index (χ4n) is 2.22. The average molecular weight is 353 g/mol. The van der Waals surface area contributed by atoms with Crippen LogP contribution in [-0.4, -0.2) is 40.3 Å². The lowest BCUT2D eigenvalue weighted by molar-refractivity contribution is 0.365. The maximum Gasteiger partial charge on any atom is 0.106 e. The lowest BCUT2D eigenvalue weighted by Gasteiger charge is -2.20. The van der Waals surface area contributed by atoms with Gasteiger partial charge in [-0.05, 0) is 48.6 Å². The van der Waals surface area contributed by atoms with Crippen LogP contribution in [0, 0.1) is 6.92 Å². The van der Waals surface area contributed by atoms with Crippen molar-refractivity contribution < 1.29 is 0 Å². The van der Waals surface area contributed by atoms with Crippen molar-refractivity contribution in [1.29, 1.82) is 0 Å². The summed E-state index contributed by atoms with van der Waals surface area (Å²) in [5, 5.41) is 4.43. The minimum atomic E-state index is -0.203. The van der Waals surface area contributed by atoms with Gasteiger partial charge in [-0.25, -0.2) is 5.43 Å². The van der Waals surface area contributed by atoms with Crippen molar-refractivity contribution in [1.82, 2.24) is 25.1 Å². The maximum atomic E-state index is 5.80. The number of nitrogens with two attached hydrogens (primary N) is 1. The molecular weight excluding hydrogens is 332 g/mol. The van der Waals surface area contributed by atoms with E-state index >= 15 is 0 Å². The number of rotatable bonds is 6. The normalized spacial score (nSPS) is 12.9. The van der Waals surface area contributed by atoms with Crippen molar-refractivity contribution in [2.24, 2.45) is 5.84 Å². The van der Waals surface area contributed by atoms with E-state index in [0.29, 0.717) is 0 Å². The van der Waals surface area contributed by atoms with E-state index in [4.69, 9.17) is 5.84 Å². The standard InChI is InChI=1S/C14H21BrN6/c1-10-5-4-6-17-12(10)13(19-16)14-11(15)9-18-21(14)8-7-20(2)3/h4-6,9,13,19H,7-8,16H2,1-3H3. The molecule has 7 heteroatoms. The van der Waals surface area contributed by atoms with Crippen molar-refractivity contribution >= 4 is 15.9 Å². The Hall–Kier alpha value is -1.28. The van der Waals surface area contributed by atoms with Gasteiger partial charge in [-0.3, -0.25) is 15.5 Å². The minimum absolute atomic E-state index is 0.203. The van der Waals surface area contributed by atoms with E-state index < -0.39 is 0 Å². The molecule has 0 radical (unpaired) electrons. The van der Waals surface area contributed by atoms with Crippen LogP contribution in [0.4, 0.5) is 0 Å². The summed E-state index contributed by atoms with van der Waals surface area (Å²) in [7, 11) is 4.08. The molecule has 6 nitrogen and oxygen atoms in total. The largest absolute Gasteiger partial charge is 0.308 e. The Morgan fingerprint density at radius 3 is 2.86 bits per heavy atom. The molecule has 1 unspecified atom stereocenters. The molecule has 1 atom stereocenters. The number of halogens is 1. The van der Waals surface area contributed by atoms with E-state index in [-0.39, 0.29) is 6.04 Å². The van der Waals surface area contributed by atoms with Crippen LogP contribution in [0.5, 0.6) is 0 Å². The Morgan fingerprint density at radius 2 is 2.24 bits per heavy atom. The Bertz CT molecular complexity index is 595. The highest BCUT2D eigenvalue weighted by molar-refractivity contribution is 9.10. The molecular formula is C14H21BrN6. The molecule has 0 aliphatic heterocycles. The predicted octanol–water partition coefficient (Wildman–Crippen LogP) is 1.46. The van der Waals surface area contributed by atoms with Crippen LogP contribution in [0.1, 0.15) is 23.0 Å². The van der Waals surface area contributed by atoms with Gasteiger partial charge in [0.25, 0.3) is 0 Å². The number of hydrazine groups is 1. The van der Waals surface area contributed by atoms with E-state index in [9.17, 15) is 0 Å². The number of likely N-dealkylation sites (N-methyl/N-ethyl adjacent to an activating group) is 1. The summed E-state index contributed by atoms with van der Waals surface area (Å²) < 4.78 is 2.89. The molecule has 0 saturated carbocycles. The fourth-order valence-corrected chi connectivity index (χ4v) is 2.74. The van der Waals surface area contributed by atoms with Gasteiger partial charge in [-0.2, -0.15) is 5.10 Å². The van der Waals surface area contributed by atoms with Gasteiger partial charge in [0.1, 0.15) is 6.04 Å². The zero-order valence-corrected chi connectivity index (χ0v) is 14.1. The molecule has 114 valence electrons. The molecule has 0 saturated heterocycles. The van der Waals surface area contributed by atoms with Gasteiger partial charge >= 0.3 is 0 Å². The summed E-state index contributed by atoms with van der Waals surface area (Å²) in [6.07, 6.45) is 3.58. The molecule has 2 aromatic heterocycles. The number of hydrogen-bond donors (Lipinski definition) is 2. The molecule has 2 aromatic rings. The molecule has 0 bridgehead atoms. The van der Waals surface area contributed by atoms with E-state index in [0.717, 1.165) is 34.5 Å². The average Bonchev–Trinajstić information content (AvgIpc) is 2.81. The summed E-state index contributed by atoms with van der Waals surface area (Å²) in [5.74, 6) is 5.80. The third-order valence-electron chi connectivity index (χ3n) is 3.36. The lowest BCUT2D eigenvalue weighted by atomic mass is 10.1. The molecule has 2 heterocycles. The second-order valence-electron chi connectivity index (χ2n) is 5.21. The zero-order valence-electron chi connectivity index (χ0n) is 12.5. The first-order valence-corrected chi connectivity index (χ1v) is 7.57. The molecule has 0 aliphatic rings. The topological polar surface area (TPSA) is 72.0 Å². The number of aryl methyl sites for hydroxylation is 1. The van der Waals surface area contributed by atoms with Crippen LogP contribution in [0.15, 0.2) is 29.0 Å². The smallest absolute Gasteiger partial charge is 0.106 e. The quantitative estimate of drug-likeness (QED) is 0.608. The van der Waals surface area contributed by atoms with Crippen LogP contribution in [-0.2, 0) is 6.54 Å². The molecule has 21 heavy (non-hydrogen) atoms. The first kappa shape index (κ1) is 16.1. The van der Waals surface area contributed by atoms with Gasteiger partial charge < -0.3 is 4.90 Å². The van der Waals surface area contributed by atoms with Gasteiger partial charge in [0.2, 0.25) is 0 Å². The van der Waals surface area contributed by atoms with Gasteiger partial charge in [0.05, 0.1) is 28.6 Å². The Balaban J connectivity index is 2.38. The second kappa shape index (κ2) is 7.13. The first-order valence-electron chi connectivity index (χ1n) is 6.78. The van der Waals surface area contributed by atoms with Gasteiger partial charge in [-0.15, -0.1) is 0 Å². The number of pyridine rings is 1. The maximum absolute atomic E-state index is 5.80. The number of aromatic nitrogens is 3. The predicted molar refractivity (Wildman–Crippen MR) is 86.6 cm³/mol. The highest BCUT2D eigenvalue weighted by atomic mass is 79.9. The van der Waals surface area contributed by atoms with Crippen LogP contribution in [0.25, 0.3) is 0 Å². The van der Waals surface area contributed by atoms with E-state index in [1.54, 1.807) is 12.4 Å². The van der Waals surface area contributed by atoms with Crippen molar-refractivity contribution in [3.05, 3.63) is 46.0 Å². The minimum Gasteiger partial charge on any atom is -0.308 e. The third-order valence-corrected chi connectivity index (χ3v) is 3.97. The number of nitrogens with one attached hydrogen (secondary N) is 1. The second-order valence-corrected chi connectivity index (χ2v) is 6.06. The van der Waals surface area contributed by atoms with Crippen molar-refractivity contribution in [2.45, 2.75) is 19.5 Å².